The lowest BCUT2D eigenvalue weighted by atomic mass is 9.59. The van der Waals surface area contributed by atoms with Gasteiger partial charge in [0.1, 0.15) is 12.2 Å². The molecule has 3 aromatic rings. The van der Waals surface area contributed by atoms with Crippen LogP contribution in [0.2, 0.25) is 0 Å². The Morgan fingerprint density at radius 2 is 1.69 bits per heavy atom. The Bertz CT molecular complexity index is 1900. The third-order valence-corrected chi connectivity index (χ3v) is 11.8. The molecule has 1 saturated carbocycles. The fourth-order valence-electron chi connectivity index (χ4n) is 7.88. The highest BCUT2D eigenvalue weighted by atomic mass is 32.2. The Labute approximate surface area is 302 Å². The third-order valence-electron chi connectivity index (χ3n) is 10.4. The van der Waals surface area contributed by atoms with Crippen LogP contribution < -0.4 is 9.46 Å². The zero-order valence-corrected chi connectivity index (χ0v) is 31.9. The molecule has 3 heterocycles. The number of benzene rings is 2. The van der Waals surface area contributed by atoms with Crippen LogP contribution in [0.15, 0.2) is 47.4 Å². The van der Waals surface area contributed by atoms with Crippen LogP contribution in [0.4, 0.5) is 10.7 Å². The lowest BCUT2D eigenvalue weighted by molar-refractivity contribution is -0.0555. The Morgan fingerprint density at radius 1 is 1.04 bits per heavy atom. The molecule has 0 unspecified atom stereocenters. The average molecular weight is 718 g/mol. The van der Waals surface area contributed by atoms with Crippen LogP contribution in [0.3, 0.4) is 0 Å². The summed E-state index contributed by atoms with van der Waals surface area (Å²) in [5, 5.41) is 0. The molecule has 11 nitrogen and oxygen atoms in total. The van der Waals surface area contributed by atoms with Crippen molar-refractivity contribution in [2.45, 2.75) is 110 Å². The molecule has 1 saturated heterocycles. The molecule has 2 aliphatic heterocycles. The zero-order chi connectivity index (χ0) is 36.9. The summed E-state index contributed by atoms with van der Waals surface area (Å²) in [6, 6.07) is 11.8. The predicted octanol–water partition coefficient (Wildman–Crippen LogP) is 7.30. The standard InChI is InChI=1S/C39H51N5O6S/c1-24(2)19-29-23-49-34-27(5)33(32-25(3)11-9-12-26(32)4)40-36(41-34)42-51(47,48)31-14-10-13-28(20-31)35(45)44(29)30-21-39(22-30)15-17-43(18-16-39)37(46)50-38(6,7)8/h9-14,20,24,29-30H,15-19,21-23H2,1-8H3,(H,40,41,42)/t29-/m1/s1. The number of anilines is 1. The number of piperidine rings is 1. The summed E-state index contributed by atoms with van der Waals surface area (Å²) in [7, 11) is -4.17. The minimum Gasteiger partial charge on any atom is -0.475 e. The van der Waals surface area contributed by atoms with Gasteiger partial charge in [-0.1, -0.05) is 38.1 Å². The van der Waals surface area contributed by atoms with Crippen LogP contribution in [0.25, 0.3) is 11.3 Å². The first-order valence-electron chi connectivity index (χ1n) is 18.0. The normalized spacial score (nSPS) is 20.4. The number of aryl methyl sites for hydroxylation is 2. The van der Waals surface area contributed by atoms with Gasteiger partial charge in [-0.2, -0.15) is 4.98 Å². The number of nitrogens with zero attached hydrogens (tertiary/aromatic N) is 4. The van der Waals surface area contributed by atoms with E-state index in [4.69, 9.17) is 14.5 Å². The zero-order valence-electron chi connectivity index (χ0n) is 31.1. The van der Waals surface area contributed by atoms with E-state index in [0.717, 1.165) is 42.4 Å². The van der Waals surface area contributed by atoms with Gasteiger partial charge in [0.15, 0.2) is 0 Å². The number of ether oxygens (including phenoxy) is 2. The molecule has 1 aliphatic carbocycles. The Kier molecular flexibility index (Phi) is 9.86. The molecule has 3 aliphatic rings. The van der Waals surface area contributed by atoms with Gasteiger partial charge in [0.2, 0.25) is 11.8 Å². The maximum absolute atomic E-state index is 14.6. The monoisotopic (exact) mass is 717 g/mol. The molecule has 0 radical (unpaired) electrons. The number of carbonyl (C=O) groups is 2. The van der Waals surface area contributed by atoms with Gasteiger partial charge in [0, 0.05) is 35.8 Å². The van der Waals surface area contributed by atoms with Crippen LogP contribution >= 0.6 is 0 Å². The highest BCUT2D eigenvalue weighted by molar-refractivity contribution is 7.92. The molecule has 1 aromatic heterocycles. The smallest absolute Gasteiger partial charge is 0.410 e. The summed E-state index contributed by atoms with van der Waals surface area (Å²) in [6.45, 7) is 17.1. The molecule has 4 bridgehead atoms. The van der Waals surface area contributed by atoms with E-state index in [2.05, 4.69) is 23.6 Å². The first-order valence-corrected chi connectivity index (χ1v) is 19.5. The number of carbonyl (C=O) groups excluding carboxylic acids is 2. The van der Waals surface area contributed by atoms with E-state index >= 15 is 0 Å². The molecule has 1 atom stereocenters. The molecule has 6 rings (SSSR count). The number of fused-ring (bicyclic) bond motifs is 4. The summed E-state index contributed by atoms with van der Waals surface area (Å²) in [4.78, 5) is 40.4. The van der Waals surface area contributed by atoms with Crippen molar-refractivity contribution >= 4 is 28.0 Å². The van der Waals surface area contributed by atoms with Crippen molar-refractivity contribution in [2.75, 3.05) is 24.4 Å². The number of nitrogens with one attached hydrogen (secondary N) is 1. The van der Waals surface area contributed by atoms with Gasteiger partial charge >= 0.3 is 6.09 Å². The van der Waals surface area contributed by atoms with Crippen molar-refractivity contribution in [1.82, 2.24) is 19.8 Å². The second kappa shape index (κ2) is 13.7. The number of aromatic nitrogens is 2. The molecular weight excluding hydrogens is 667 g/mol. The van der Waals surface area contributed by atoms with E-state index in [9.17, 15) is 18.0 Å². The van der Waals surface area contributed by atoms with Crippen LogP contribution in [-0.4, -0.2) is 77.6 Å². The van der Waals surface area contributed by atoms with Gasteiger partial charge in [-0.25, -0.2) is 22.9 Å². The lowest BCUT2D eigenvalue weighted by Crippen LogP contribution is -2.60. The third kappa shape index (κ3) is 7.71. The van der Waals surface area contributed by atoms with Gasteiger partial charge in [0.05, 0.1) is 16.6 Å². The second-order valence-corrected chi connectivity index (χ2v) is 17.7. The van der Waals surface area contributed by atoms with Crippen molar-refractivity contribution < 1.29 is 27.5 Å². The minimum absolute atomic E-state index is 0.0153. The minimum atomic E-state index is -4.17. The molecule has 2 fully saturated rings. The fourth-order valence-corrected chi connectivity index (χ4v) is 8.87. The van der Waals surface area contributed by atoms with E-state index in [0.29, 0.717) is 36.3 Å². The topological polar surface area (TPSA) is 131 Å². The summed E-state index contributed by atoms with van der Waals surface area (Å²) in [6.07, 6.45) is 3.65. The number of hydrogen-bond donors (Lipinski definition) is 1. The highest BCUT2D eigenvalue weighted by Crippen LogP contribution is 2.52. The average Bonchev–Trinajstić information content (AvgIpc) is 3.03. The van der Waals surface area contributed by atoms with Crippen molar-refractivity contribution in [2.24, 2.45) is 11.3 Å². The van der Waals surface area contributed by atoms with Crippen molar-refractivity contribution in [1.29, 1.82) is 0 Å². The molecule has 274 valence electrons. The SMILES string of the molecule is Cc1cccc(C)c1-c1nc2nc(c1C)OC[C@@H](CC(C)C)N(C1CC3(CCN(C(=O)OC(C)(C)C)CC3)C1)C(=O)c1cccc(c1)S(=O)(=O)N2. The maximum atomic E-state index is 14.6. The number of amides is 2. The number of rotatable bonds is 4. The molecule has 1 spiro atoms. The fraction of sp³-hybridized carbons (Fsp3) is 0.538. The number of sulfonamides is 1. The molecule has 12 heteroatoms. The molecule has 51 heavy (non-hydrogen) atoms. The van der Waals surface area contributed by atoms with Crippen LogP contribution in [0.5, 0.6) is 5.88 Å². The van der Waals surface area contributed by atoms with Crippen molar-refractivity contribution in [3.63, 3.8) is 0 Å². The van der Waals surface area contributed by atoms with E-state index < -0.39 is 15.6 Å². The van der Waals surface area contributed by atoms with Gasteiger partial charge in [-0.3, -0.25) is 4.79 Å². The largest absolute Gasteiger partial charge is 0.475 e. The predicted molar refractivity (Wildman–Crippen MR) is 196 cm³/mol. The first-order chi connectivity index (χ1) is 23.9. The number of likely N-dealkylation sites (tertiary alicyclic amines) is 1. The Balaban J connectivity index is 1.36. The first kappa shape index (κ1) is 36.6. The summed E-state index contributed by atoms with van der Waals surface area (Å²) >= 11 is 0. The van der Waals surface area contributed by atoms with Crippen molar-refractivity contribution in [3.8, 4) is 17.1 Å². The molecular formula is C39H51N5O6S. The van der Waals surface area contributed by atoms with Crippen LogP contribution in [-0.2, 0) is 14.8 Å². The van der Waals surface area contributed by atoms with Gasteiger partial charge in [-0.15, -0.1) is 0 Å². The summed E-state index contributed by atoms with van der Waals surface area (Å²) in [5.74, 6) is 0.195. The Morgan fingerprint density at radius 3 is 2.31 bits per heavy atom. The molecule has 2 aromatic carbocycles. The van der Waals surface area contributed by atoms with E-state index in [1.807, 2.05) is 64.6 Å². The second-order valence-electron chi connectivity index (χ2n) is 16.1. The van der Waals surface area contributed by atoms with E-state index in [-0.39, 0.29) is 58.7 Å². The Hall–Kier alpha value is -4.19. The van der Waals surface area contributed by atoms with E-state index in [1.165, 1.54) is 12.1 Å². The van der Waals surface area contributed by atoms with Gasteiger partial charge in [0.25, 0.3) is 15.9 Å². The van der Waals surface area contributed by atoms with Crippen LogP contribution in [0.1, 0.15) is 93.8 Å². The van der Waals surface area contributed by atoms with Crippen molar-refractivity contribution in [3.05, 3.63) is 64.7 Å². The van der Waals surface area contributed by atoms with Crippen LogP contribution in [0, 0.1) is 32.1 Å². The van der Waals surface area contributed by atoms with Gasteiger partial charge in [-0.05, 0) is 114 Å². The summed E-state index contributed by atoms with van der Waals surface area (Å²) in [5.41, 5.74) is 3.91. The van der Waals surface area contributed by atoms with E-state index in [1.54, 1.807) is 17.0 Å². The van der Waals surface area contributed by atoms with Gasteiger partial charge < -0.3 is 19.3 Å². The maximum Gasteiger partial charge on any atom is 0.410 e. The molecule has 2 amide bonds. The summed E-state index contributed by atoms with van der Waals surface area (Å²) < 4.78 is 42.3. The number of hydrogen-bond acceptors (Lipinski definition) is 8. The highest BCUT2D eigenvalue weighted by Gasteiger charge is 2.51. The lowest BCUT2D eigenvalue weighted by Gasteiger charge is -2.56. The molecule has 1 N–H and O–H groups in total. The quantitative estimate of drug-likeness (QED) is 0.298.